The van der Waals surface area contributed by atoms with Crippen LogP contribution in [0.5, 0.6) is 0 Å². The Kier molecular flexibility index (Phi) is 6.69. The van der Waals surface area contributed by atoms with E-state index in [4.69, 9.17) is 0 Å². The van der Waals surface area contributed by atoms with Gasteiger partial charge in [-0.1, -0.05) is 25.7 Å². The molecule has 1 saturated heterocycles. The number of sulfonamides is 1. The first-order valence-corrected chi connectivity index (χ1v) is 13.2. The number of carbonyl (C=O) groups excluding carboxylic acids is 2. The minimum absolute atomic E-state index is 0.0733. The van der Waals surface area contributed by atoms with Crippen LogP contribution in [0.2, 0.25) is 0 Å². The van der Waals surface area contributed by atoms with Crippen molar-refractivity contribution in [2.75, 3.05) is 30.3 Å². The van der Waals surface area contributed by atoms with E-state index in [0.717, 1.165) is 49.8 Å². The van der Waals surface area contributed by atoms with E-state index in [1.165, 1.54) is 27.4 Å². The molecule has 164 valence electrons. The zero-order valence-corrected chi connectivity index (χ0v) is 18.8. The first-order valence-electron chi connectivity index (χ1n) is 10.8. The van der Waals surface area contributed by atoms with Crippen molar-refractivity contribution >= 4 is 39.3 Å². The summed E-state index contributed by atoms with van der Waals surface area (Å²) in [5, 5.41) is 3.05. The van der Waals surface area contributed by atoms with Gasteiger partial charge in [-0.15, -0.1) is 11.8 Å². The number of hydrogen-bond acceptors (Lipinski definition) is 5. The summed E-state index contributed by atoms with van der Waals surface area (Å²) in [4.78, 5) is 27.7. The molecule has 0 spiro atoms. The van der Waals surface area contributed by atoms with Gasteiger partial charge in [0.15, 0.2) is 0 Å². The van der Waals surface area contributed by atoms with Crippen LogP contribution in [0.25, 0.3) is 0 Å². The minimum atomic E-state index is -3.60. The number of piperidine rings is 1. The van der Waals surface area contributed by atoms with E-state index in [-0.39, 0.29) is 35.0 Å². The number of hydrogen-bond donors (Lipinski definition) is 1. The summed E-state index contributed by atoms with van der Waals surface area (Å²) in [6.45, 7) is 0.983. The van der Waals surface area contributed by atoms with E-state index >= 15 is 0 Å². The largest absolute Gasteiger partial charge is 0.352 e. The van der Waals surface area contributed by atoms with Crippen LogP contribution < -0.4 is 10.2 Å². The molecule has 0 aromatic heterocycles. The molecule has 30 heavy (non-hydrogen) atoms. The van der Waals surface area contributed by atoms with Gasteiger partial charge in [0.2, 0.25) is 21.8 Å². The molecule has 7 nitrogen and oxygen atoms in total. The summed E-state index contributed by atoms with van der Waals surface area (Å²) in [6.07, 6.45) is 8.17. The van der Waals surface area contributed by atoms with Crippen molar-refractivity contribution in [3.63, 3.8) is 0 Å². The van der Waals surface area contributed by atoms with E-state index in [1.807, 2.05) is 0 Å². The average Bonchev–Trinajstić information content (AvgIpc) is 2.76. The van der Waals surface area contributed by atoms with Gasteiger partial charge >= 0.3 is 0 Å². The lowest BCUT2D eigenvalue weighted by Crippen LogP contribution is -2.46. The summed E-state index contributed by atoms with van der Waals surface area (Å²) in [6, 6.07) is 5.11. The third kappa shape index (κ3) is 4.68. The van der Waals surface area contributed by atoms with Crippen LogP contribution in [0.15, 0.2) is 28.0 Å². The fourth-order valence-corrected chi connectivity index (χ4v) is 6.89. The second kappa shape index (κ2) is 9.28. The molecule has 9 heteroatoms. The van der Waals surface area contributed by atoms with Crippen molar-refractivity contribution in [2.45, 2.75) is 67.2 Å². The Labute approximate surface area is 182 Å². The fraction of sp³-hybridized carbons (Fsp3) is 0.619. The third-order valence-corrected chi connectivity index (χ3v) is 9.04. The van der Waals surface area contributed by atoms with Crippen LogP contribution in [-0.2, 0) is 19.6 Å². The molecule has 0 unspecified atom stereocenters. The third-order valence-electron chi connectivity index (χ3n) is 6.10. The predicted octanol–water partition coefficient (Wildman–Crippen LogP) is 2.75. The monoisotopic (exact) mass is 451 g/mol. The maximum atomic E-state index is 13.1. The van der Waals surface area contributed by atoms with Gasteiger partial charge in [0.25, 0.3) is 0 Å². The zero-order chi connectivity index (χ0) is 21.1. The average molecular weight is 452 g/mol. The Morgan fingerprint density at radius 3 is 2.50 bits per heavy atom. The number of carbonyl (C=O) groups is 2. The maximum absolute atomic E-state index is 13.1. The highest BCUT2D eigenvalue weighted by atomic mass is 32.2. The quantitative estimate of drug-likeness (QED) is 0.744. The Hall–Kier alpha value is -1.58. The van der Waals surface area contributed by atoms with E-state index in [2.05, 4.69) is 5.32 Å². The van der Waals surface area contributed by atoms with E-state index < -0.39 is 10.0 Å². The van der Waals surface area contributed by atoms with Gasteiger partial charge in [0.1, 0.15) is 6.54 Å². The van der Waals surface area contributed by atoms with Crippen LogP contribution in [0.4, 0.5) is 5.69 Å². The van der Waals surface area contributed by atoms with Crippen molar-refractivity contribution in [3.05, 3.63) is 18.2 Å². The summed E-state index contributed by atoms with van der Waals surface area (Å²) >= 11 is 1.39. The number of anilines is 1. The molecule has 0 radical (unpaired) electrons. The molecule has 1 N–H and O–H groups in total. The van der Waals surface area contributed by atoms with Gasteiger partial charge in [-0.2, -0.15) is 4.31 Å². The van der Waals surface area contributed by atoms with Crippen molar-refractivity contribution in [2.24, 2.45) is 0 Å². The molecular formula is C21H29N3O4S2. The van der Waals surface area contributed by atoms with Gasteiger partial charge in [0, 0.05) is 24.0 Å². The maximum Gasteiger partial charge on any atom is 0.243 e. The summed E-state index contributed by atoms with van der Waals surface area (Å²) < 4.78 is 27.7. The molecule has 1 aromatic carbocycles. The molecule has 2 fully saturated rings. The number of thioether (sulfide) groups is 1. The van der Waals surface area contributed by atoms with Crippen molar-refractivity contribution < 1.29 is 18.0 Å². The number of benzene rings is 1. The molecule has 1 aliphatic carbocycles. The Morgan fingerprint density at radius 1 is 1.07 bits per heavy atom. The molecule has 3 aliphatic rings. The lowest BCUT2D eigenvalue weighted by atomic mass is 9.95. The summed E-state index contributed by atoms with van der Waals surface area (Å²) in [5.41, 5.74) is 0.521. The normalized spacial score (nSPS) is 21.3. The molecule has 0 atom stereocenters. The van der Waals surface area contributed by atoms with Crippen molar-refractivity contribution in [1.29, 1.82) is 0 Å². The molecular weight excluding hydrogens is 422 g/mol. The smallest absolute Gasteiger partial charge is 0.243 e. The first-order chi connectivity index (χ1) is 14.4. The Bertz CT molecular complexity index is 907. The van der Waals surface area contributed by atoms with Crippen LogP contribution in [0.1, 0.15) is 51.4 Å². The molecule has 0 bridgehead atoms. The Balaban J connectivity index is 1.54. The molecule has 1 saturated carbocycles. The van der Waals surface area contributed by atoms with Crippen LogP contribution >= 0.6 is 11.8 Å². The number of nitrogens with one attached hydrogen (secondary N) is 1. The zero-order valence-electron chi connectivity index (χ0n) is 17.1. The fourth-order valence-electron chi connectivity index (χ4n) is 4.43. The number of fused-ring (bicyclic) bond motifs is 1. The Morgan fingerprint density at radius 2 is 1.77 bits per heavy atom. The van der Waals surface area contributed by atoms with Gasteiger partial charge in [-0.3, -0.25) is 9.59 Å². The van der Waals surface area contributed by atoms with Gasteiger partial charge in [-0.25, -0.2) is 8.42 Å². The van der Waals surface area contributed by atoms with Crippen LogP contribution in [0.3, 0.4) is 0 Å². The second-order valence-corrected chi connectivity index (χ2v) is 11.2. The second-order valence-electron chi connectivity index (χ2n) is 8.27. The van der Waals surface area contributed by atoms with Gasteiger partial charge in [0.05, 0.1) is 16.3 Å². The number of amides is 2. The first kappa shape index (κ1) is 21.6. The highest BCUT2D eigenvalue weighted by molar-refractivity contribution is 8.00. The van der Waals surface area contributed by atoms with Crippen LogP contribution in [0, 0.1) is 0 Å². The van der Waals surface area contributed by atoms with E-state index in [0.29, 0.717) is 18.8 Å². The highest BCUT2D eigenvalue weighted by Gasteiger charge is 2.31. The highest BCUT2D eigenvalue weighted by Crippen LogP contribution is 2.37. The van der Waals surface area contributed by atoms with Gasteiger partial charge < -0.3 is 10.2 Å². The van der Waals surface area contributed by atoms with Crippen molar-refractivity contribution in [3.8, 4) is 0 Å². The molecule has 2 amide bonds. The molecule has 4 rings (SSSR count). The molecule has 2 heterocycles. The van der Waals surface area contributed by atoms with Crippen LogP contribution in [-0.4, -0.2) is 56.0 Å². The lowest BCUT2D eigenvalue weighted by molar-refractivity contribution is -0.123. The van der Waals surface area contributed by atoms with Crippen molar-refractivity contribution in [1.82, 2.24) is 9.62 Å². The number of nitrogens with zero attached hydrogens (tertiary/aromatic N) is 2. The molecule has 1 aromatic rings. The number of rotatable bonds is 5. The molecule has 2 aliphatic heterocycles. The van der Waals surface area contributed by atoms with Gasteiger partial charge in [-0.05, 0) is 43.9 Å². The summed E-state index contributed by atoms with van der Waals surface area (Å²) in [5.74, 6) is -0.0988. The summed E-state index contributed by atoms with van der Waals surface area (Å²) in [7, 11) is -3.60. The topological polar surface area (TPSA) is 86.8 Å². The van der Waals surface area contributed by atoms with E-state index in [1.54, 1.807) is 18.2 Å². The predicted molar refractivity (Wildman–Crippen MR) is 117 cm³/mol. The minimum Gasteiger partial charge on any atom is -0.352 e. The lowest BCUT2D eigenvalue weighted by Gasteiger charge is -2.31. The SMILES string of the molecule is O=C(CN1C(=O)CSc2ccc(S(=O)(=O)N3CCCCC3)cc21)NC1CCCCC1. The standard InChI is InChI=1S/C21H29N3O4S2/c25-20(22-16-7-3-1-4-8-16)14-24-18-13-17(9-10-19(18)29-15-21(24)26)30(27,28)23-11-5-2-6-12-23/h9-10,13,16H,1-8,11-12,14-15H2,(H,22,25). The van der Waals surface area contributed by atoms with E-state index in [9.17, 15) is 18.0 Å².